The number of halogens is 2. The average molecular weight is 406 g/mol. The second-order valence-corrected chi connectivity index (χ2v) is 6.95. The summed E-state index contributed by atoms with van der Waals surface area (Å²) in [5, 5.41) is 12.3. The van der Waals surface area contributed by atoms with Crippen LogP contribution >= 0.6 is 43.2 Å². The standard InChI is InChI=1S/C13H10Br2O3S/c14-8-3-9(19-5-8)4-11(16)7-1-10(15)13-12(2-7)17-6-18-13/h1-3,5,11,16H,4,6H2. The van der Waals surface area contributed by atoms with Gasteiger partial charge in [-0.1, -0.05) is 0 Å². The molecule has 1 aliphatic heterocycles. The van der Waals surface area contributed by atoms with Crippen molar-refractivity contribution in [2.45, 2.75) is 12.5 Å². The van der Waals surface area contributed by atoms with Crippen LogP contribution in [0.25, 0.3) is 0 Å². The molecule has 0 saturated carbocycles. The van der Waals surface area contributed by atoms with E-state index in [0.29, 0.717) is 17.9 Å². The summed E-state index contributed by atoms with van der Waals surface area (Å²) in [6.45, 7) is 0.228. The van der Waals surface area contributed by atoms with Crippen LogP contribution in [0.1, 0.15) is 16.5 Å². The van der Waals surface area contributed by atoms with Crippen molar-refractivity contribution in [1.29, 1.82) is 0 Å². The molecule has 0 saturated heterocycles. The largest absolute Gasteiger partial charge is 0.454 e. The van der Waals surface area contributed by atoms with Crippen molar-refractivity contribution >= 4 is 43.2 Å². The SMILES string of the molecule is OC(Cc1cc(Br)cs1)c1cc(Br)c2c(c1)OCO2. The van der Waals surface area contributed by atoms with E-state index in [2.05, 4.69) is 31.9 Å². The van der Waals surface area contributed by atoms with Crippen LogP contribution < -0.4 is 9.47 Å². The van der Waals surface area contributed by atoms with Crippen LogP contribution in [0.15, 0.2) is 32.5 Å². The third-order valence-corrected chi connectivity index (χ3v) is 5.16. The number of benzene rings is 1. The minimum Gasteiger partial charge on any atom is -0.454 e. The molecule has 6 heteroatoms. The van der Waals surface area contributed by atoms with Crippen LogP contribution in [-0.2, 0) is 6.42 Å². The highest BCUT2D eigenvalue weighted by atomic mass is 79.9. The zero-order valence-corrected chi connectivity index (χ0v) is 13.7. The lowest BCUT2D eigenvalue weighted by Gasteiger charge is -2.11. The predicted octanol–water partition coefficient (Wildman–Crippen LogP) is 4.28. The molecule has 2 aromatic rings. The normalized spacial score (nSPS) is 14.7. The zero-order valence-electron chi connectivity index (χ0n) is 9.73. The lowest BCUT2D eigenvalue weighted by Crippen LogP contribution is -2.00. The summed E-state index contributed by atoms with van der Waals surface area (Å²) in [6.07, 6.45) is 0.0267. The molecule has 2 heterocycles. The number of aliphatic hydroxyl groups excluding tert-OH is 1. The molecule has 0 amide bonds. The molecular formula is C13H10Br2O3S. The molecule has 0 bridgehead atoms. The van der Waals surface area contributed by atoms with Crippen LogP contribution in [0.4, 0.5) is 0 Å². The summed E-state index contributed by atoms with van der Waals surface area (Å²) >= 11 is 8.48. The minimum absolute atomic E-state index is 0.228. The Kier molecular flexibility index (Phi) is 3.84. The molecule has 0 fully saturated rings. The molecule has 1 aromatic heterocycles. The van der Waals surface area contributed by atoms with Gasteiger partial charge in [-0.2, -0.15) is 0 Å². The summed E-state index contributed by atoms with van der Waals surface area (Å²) in [6, 6.07) is 5.73. The number of hydrogen-bond acceptors (Lipinski definition) is 4. The van der Waals surface area contributed by atoms with E-state index in [4.69, 9.17) is 9.47 Å². The van der Waals surface area contributed by atoms with Gasteiger partial charge >= 0.3 is 0 Å². The van der Waals surface area contributed by atoms with Crippen molar-refractivity contribution in [3.63, 3.8) is 0 Å². The van der Waals surface area contributed by atoms with Gasteiger partial charge in [0, 0.05) is 21.2 Å². The molecular weight excluding hydrogens is 396 g/mol. The van der Waals surface area contributed by atoms with E-state index in [0.717, 1.165) is 19.4 Å². The van der Waals surface area contributed by atoms with Crippen LogP contribution in [0.5, 0.6) is 11.5 Å². The zero-order chi connectivity index (χ0) is 13.4. The first-order valence-electron chi connectivity index (χ1n) is 5.63. The van der Waals surface area contributed by atoms with E-state index in [1.165, 1.54) is 0 Å². The molecule has 1 unspecified atom stereocenters. The first-order chi connectivity index (χ1) is 9.13. The lowest BCUT2D eigenvalue weighted by molar-refractivity contribution is 0.171. The Labute approximate surface area is 131 Å². The maximum absolute atomic E-state index is 10.3. The highest BCUT2D eigenvalue weighted by molar-refractivity contribution is 9.10. The number of ether oxygens (including phenoxy) is 2. The van der Waals surface area contributed by atoms with Gasteiger partial charge in [0.25, 0.3) is 0 Å². The average Bonchev–Trinajstić information content (AvgIpc) is 2.98. The van der Waals surface area contributed by atoms with Crippen LogP contribution in [-0.4, -0.2) is 11.9 Å². The van der Waals surface area contributed by atoms with Gasteiger partial charge in [0.05, 0.1) is 10.6 Å². The molecule has 0 radical (unpaired) electrons. The molecule has 0 aliphatic carbocycles. The van der Waals surface area contributed by atoms with E-state index in [9.17, 15) is 5.11 Å². The highest BCUT2D eigenvalue weighted by Gasteiger charge is 2.21. The van der Waals surface area contributed by atoms with Gasteiger partial charge in [-0.3, -0.25) is 0 Å². The number of rotatable bonds is 3. The van der Waals surface area contributed by atoms with Crippen molar-refractivity contribution in [2.24, 2.45) is 0 Å². The van der Waals surface area contributed by atoms with Gasteiger partial charge < -0.3 is 14.6 Å². The van der Waals surface area contributed by atoms with Gasteiger partial charge in [-0.15, -0.1) is 11.3 Å². The quantitative estimate of drug-likeness (QED) is 0.828. The number of fused-ring (bicyclic) bond motifs is 1. The van der Waals surface area contributed by atoms with E-state index >= 15 is 0 Å². The Hall–Kier alpha value is -0.560. The molecule has 0 spiro atoms. The van der Waals surface area contributed by atoms with Crippen LogP contribution in [0.2, 0.25) is 0 Å². The monoisotopic (exact) mass is 404 g/mol. The molecule has 1 atom stereocenters. The Morgan fingerprint density at radius 1 is 1.26 bits per heavy atom. The molecule has 1 N–H and O–H groups in total. The number of hydrogen-bond donors (Lipinski definition) is 1. The van der Waals surface area contributed by atoms with Gasteiger partial charge in [-0.05, 0) is 55.6 Å². The van der Waals surface area contributed by atoms with Crippen LogP contribution in [0, 0.1) is 0 Å². The number of thiophene rings is 1. The van der Waals surface area contributed by atoms with E-state index < -0.39 is 6.10 Å². The van der Waals surface area contributed by atoms with Crippen molar-refractivity contribution in [3.05, 3.63) is 43.0 Å². The fourth-order valence-electron chi connectivity index (χ4n) is 1.95. The second kappa shape index (κ2) is 5.44. The van der Waals surface area contributed by atoms with Crippen molar-refractivity contribution < 1.29 is 14.6 Å². The molecule has 1 aromatic carbocycles. The lowest BCUT2D eigenvalue weighted by atomic mass is 10.1. The predicted molar refractivity (Wildman–Crippen MR) is 80.9 cm³/mol. The minimum atomic E-state index is -0.559. The third-order valence-electron chi connectivity index (χ3n) is 2.85. The first-order valence-corrected chi connectivity index (χ1v) is 8.10. The van der Waals surface area contributed by atoms with Gasteiger partial charge in [0.15, 0.2) is 11.5 Å². The first kappa shape index (κ1) is 13.4. The summed E-state index contributed by atoms with van der Waals surface area (Å²) < 4.78 is 12.5. The van der Waals surface area contributed by atoms with E-state index in [1.807, 2.05) is 23.6 Å². The maximum Gasteiger partial charge on any atom is 0.231 e. The van der Waals surface area contributed by atoms with Crippen molar-refractivity contribution in [2.75, 3.05) is 6.79 Å². The van der Waals surface area contributed by atoms with Crippen molar-refractivity contribution in [3.8, 4) is 11.5 Å². The highest BCUT2D eigenvalue weighted by Crippen LogP contribution is 2.41. The number of aliphatic hydroxyl groups is 1. The third kappa shape index (κ3) is 2.81. The fraction of sp³-hybridized carbons (Fsp3) is 0.231. The Morgan fingerprint density at radius 3 is 2.84 bits per heavy atom. The Bertz CT molecular complexity index is 612. The van der Waals surface area contributed by atoms with Gasteiger partial charge in [0.2, 0.25) is 6.79 Å². The molecule has 19 heavy (non-hydrogen) atoms. The van der Waals surface area contributed by atoms with E-state index in [1.54, 1.807) is 11.3 Å². The maximum atomic E-state index is 10.3. The smallest absolute Gasteiger partial charge is 0.231 e. The van der Waals surface area contributed by atoms with Crippen LogP contribution in [0.3, 0.4) is 0 Å². The molecule has 100 valence electrons. The van der Waals surface area contributed by atoms with Gasteiger partial charge in [0.1, 0.15) is 0 Å². The summed E-state index contributed by atoms with van der Waals surface area (Å²) in [7, 11) is 0. The van der Waals surface area contributed by atoms with Gasteiger partial charge in [-0.25, -0.2) is 0 Å². The second-order valence-electron chi connectivity index (χ2n) is 4.19. The fourth-order valence-corrected chi connectivity index (χ4v) is 4.01. The molecule has 3 rings (SSSR count). The van der Waals surface area contributed by atoms with E-state index in [-0.39, 0.29) is 6.79 Å². The molecule has 3 nitrogen and oxygen atoms in total. The summed E-state index contributed by atoms with van der Waals surface area (Å²) in [5.41, 5.74) is 0.820. The Morgan fingerprint density at radius 2 is 2.11 bits per heavy atom. The van der Waals surface area contributed by atoms with Crippen molar-refractivity contribution in [1.82, 2.24) is 0 Å². The summed E-state index contributed by atoms with van der Waals surface area (Å²) in [5.74, 6) is 1.38. The summed E-state index contributed by atoms with van der Waals surface area (Å²) in [4.78, 5) is 1.13. The molecule has 1 aliphatic rings. The topological polar surface area (TPSA) is 38.7 Å². The Balaban J connectivity index is 1.84.